The standard InChI is InChI=1S/C25H23ClN2O3S/c1-14-12-18(16(3)27-20-10-11-21(26)28-25(20)32(4)30)24-19(13-14)22(29)15(2)23(31-24)17-8-6-5-7-9-17/h5-13,16,27H,1-4H3/t16-,32?/m1/s1. The highest BCUT2D eigenvalue weighted by Crippen LogP contribution is 2.33. The van der Waals surface area contributed by atoms with Gasteiger partial charge in [-0.05, 0) is 44.5 Å². The lowest BCUT2D eigenvalue weighted by Crippen LogP contribution is -2.14. The van der Waals surface area contributed by atoms with Crippen LogP contribution in [0, 0.1) is 13.8 Å². The molecule has 4 rings (SSSR count). The molecule has 32 heavy (non-hydrogen) atoms. The van der Waals surface area contributed by atoms with Crippen LogP contribution < -0.4 is 10.7 Å². The van der Waals surface area contributed by atoms with Crippen molar-refractivity contribution in [3.05, 3.63) is 86.7 Å². The fraction of sp³-hybridized carbons (Fsp3) is 0.200. The first-order valence-electron chi connectivity index (χ1n) is 10.2. The first kappa shape index (κ1) is 22.4. The van der Waals surface area contributed by atoms with Crippen molar-refractivity contribution in [3.63, 3.8) is 0 Å². The summed E-state index contributed by atoms with van der Waals surface area (Å²) >= 11 is 4.68. The largest absolute Gasteiger partial charge is 0.610 e. The van der Waals surface area contributed by atoms with E-state index in [1.807, 2.05) is 56.3 Å². The van der Waals surface area contributed by atoms with E-state index in [9.17, 15) is 9.35 Å². The van der Waals surface area contributed by atoms with Crippen LogP contribution in [0.3, 0.4) is 0 Å². The van der Waals surface area contributed by atoms with E-state index in [1.54, 1.807) is 25.3 Å². The minimum absolute atomic E-state index is 0.0502. The molecule has 0 aliphatic heterocycles. The highest BCUT2D eigenvalue weighted by atomic mass is 35.5. The highest BCUT2D eigenvalue weighted by molar-refractivity contribution is 7.90. The minimum atomic E-state index is -1.32. The van der Waals surface area contributed by atoms with Crippen molar-refractivity contribution in [1.29, 1.82) is 0 Å². The van der Waals surface area contributed by atoms with Crippen molar-refractivity contribution < 1.29 is 8.97 Å². The number of benzene rings is 2. The van der Waals surface area contributed by atoms with Crippen LogP contribution in [0.2, 0.25) is 5.15 Å². The summed E-state index contributed by atoms with van der Waals surface area (Å²) in [5.74, 6) is 0.559. The van der Waals surface area contributed by atoms with E-state index in [1.165, 1.54) is 0 Å². The summed E-state index contributed by atoms with van der Waals surface area (Å²) in [4.78, 5) is 17.5. The zero-order valence-electron chi connectivity index (χ0n) is 18.2. The summed E-state index contributed by atoms with van der Waals surface area (Å²) in [6, 6.07) is 16.6. The van der Waals surface area contributed by atoms with E-state index in [-0.39, 0.29) is 16.6 Å². The molecule has 1 N–H and O–H groups in total. The molecule has 0 amide bonds. The SMILES string of the molecule is Cc1cc([C@@H](C)Nc2ccc(Cl)nc2[S+](C)[O-])c2oc(-c3ccccc3)c(C)c(=O)c2c1. The number of fused-ring (bicyclic) bond motifs is 1. The van der Waals surface area contributed by atoms with Crippen molar-refractivity contribution in [2.75, 3.05) is 11.6 Å². The molecule has 7 heteroatoms. The van der Waals surface area contributed by atoms with Gasteiger partial charge < -0.3 is 14.3 Å². The lowest BCUT2D eigenvalue weighted by molar-refractivity contribution is 0.597. The summed E-state index contributed by atoms with van der Waals surface area (Å²) in [7, 11) is 0. The Morgan fingerprint density at radius 3 is 2.53 bits per heavy atom. The van der Waals surface area contributed by atoms with Crippen LogP contribution >= 0.6 is 11.6 Å². The molecule has 5 nitrogen and oxygen atoms in total. The van der Waals surface area contributed by atoms with Gasteiger partial charge in [0.05, 0.1) is 11.4 Å². The van der Waals surface area contributed by atoms with Gasteiger partial charge in [0.25, 0.3) is 5.03 Å². The number of anilines is 1. The summed E-state index contributed by atoms with van der Waals surface area (Å²) in [5.41, 5.74) is 4.31. The van der Waals surface area contributed by atoms with Gasteiger partial charge in [-0.25, -0.2) is 0 Å². The Labute approximate surface area is 194 Å². The normalized spacial score (nSPS) is 13.2. The lowest BCUT2D eigenvalue weighted by atomic mass is 9.99. The Morgan fingerprint density at radius 2 is 1.84 bits per heavy atom. The van der Waals surface area contributed by atoms with Crippen LogP contribution in [0.4, 0.5) is 5.69 Å². The van der Waals surface area contributed by atoms with Gasteiger partial charge in [-0.2, -0.15) is 4.98 Å². The highest BCUT2D eigenvalue weighted by Gasteiger charge is 2.21. The summed E-state index contributed by atoms with van der Waals surface area (Å²) in [6.45, 7) is 5.71. The quantitative estimate of drug-likeness (QED) is 0.286. The molecule has 4 aromatic rings. The van der Waals surface area contributed by atoms with E-state index in [4.69, 9.17) is 16.0 Å². The molecule has 0 spiro atoms. The third-order valence-corrected chi connectivity index (χ3v) is 6.43. The molecule has 2 aromatic carbocycles. The van der Waals surface area contributed by atoms with E-state index < -0.39 is 11.2 Å². The van der Waals surface area contributed by atoms with Gasteiger partial charge >= 0.3 is 0 Å². The van der Waals surface area contributed by atoms with Crippen LogP contribution in [0.25, 0.3) is 22.3 Å². The van der Waals surface area contributed by atoms with Gasteiger partial charge in [0.1, 0.15) is 28.4 Å². The van der Waals surface area contributed by atoms with Gasteiger partial charge in [-0.1, -0.05) is 48.0 Å². The molecule has 0 radical (unpaired) electrons. The van der Waals surface area contributed by atoms with Crippen LogP contribution in [0.5, 0.6) is 0 Å². The van der Waals surface area contributed by atoms with Crippen molar-refractivity contribution in [3.8, 4) is 11.3 Å². The molecule has 164 valence electrons. The molecule has 0 saturated heterocycles. The maximum Gasteiger partial charge on any atom is 0.269 e. The zero-order chi connectivity index (χ0) is 23.0. The second kappa shape index (κ2) is 8.98. The van der Waals surface area contributed by atoms with E-state index in [0.717, 1.165) is 16.7 Å². The molecule has 0 bridgehead atoms. The van der Waals surface area contributed by atoms with Crippen molar-refractivity contribution in [2.45, 2.75) is 31.8 Å². The van der Waals surface area contributed by atoms with Crippen molar-refractivity contribution in [1.82, 2.24) is 4.98 Å². The van der Waals surface area contributed by atoms with Crippen LogP contribution in [0.1, 0.15) is 29.7 Å². The van der Waals surface area contributed by atoms with E-state index >= 15 is 0 Å². The Balaban J connectivity index is 1.87. The first-order valence-corrected chi connectivity index (χ1v) is 12.1. The van der Waals surface area contributed by atoms with Crippen molar-refractivity contribution >= 4 is 39.4 Å². The number of hydrogen-bond acceptors (Lipinski definition) is 5. The number of aromatic nitrogens is 1. The fourth-order valence-electron chi connectivity index (χ4n) is 3.81. The number of hydrogen-bond donors (Lipinski definition) is 1. The Kier molecular flexibility index (Phi) is 6.29. The predicted octanol–water partition coefficient (Wildman–Crippen LogP) is 6.04. The number of nitrogens with one attached hydrogen (secondary N) is 1. The summed E-state index contributed by atoms with van der Waals surface area (Å²) in [6.07, 6.45) is 1.56. The minimum Gasteiger partial charge on any atom is -0.610 e. The van der Waals surface area contributed by atoms with Gasteiger partial charge in [-0.15, -0.1) is 0 Å². The second-order valence-corrected chi connectivity index (χ2v) is 9.47. The Bertz CT molecular complexity index is 1350. The molecular weight excluding hydrogens is 444 g/mol. The number of nitrogens with zero attached hydrogens (tertiary/aromatic N) is 1. The number of rotatable bonds is 5. The van der Waals surface area contributed by atoms with Gasteiger partial charge in [0, 0.05) is 27.9 Å². The molecule has 0 aliphatic rings. The van der Waals surface area contributed by atoms with Crippen LogP contribution in [-0.2, 0) is 11.2 Å². The number of halogens is 1. The second-order valence-electron chi connectivity index (χ2n) is 7.79. The van der Waals surface area contributed by atoms with E-state index in [2.05, 4.69) is 10.3 Å². The molecular formula is C25H23ClN2O3S. The third-order valence-electron chi connectivity index (χ3n) is 5.36. The first-order chi connectivity index (χ1) is 15.3. The number of pyridine rings is 1. The fourth-order valence-corrected chi connectivity index (χ4v) is 4.67. The molecule has 0 saturated carbocycles. The maximum absolute atomic E-state index is 13.2. The topological polar surface area (TPSA) is 78.2 Å². The van der Waals surface area contributed by atoms with Crippen LogP contribution in [0.15, 0.2) is 68.8 Å². The third kappa shape index (κ3) is 4.26. The lowest BCUT2D eigenvalue weighted by Gasteiger charge is -2.20. The van der Waals surface area contributed by atoms with Crippen molar-refractivity contribution in [2.24, 2.45) is 0 Å². The average Bonchev–Trinajstić information content (AvgIpc) is 2.77. The average molecular weight is 467 g/mol. The van der Waals surface area contributed by atoms with E-state index in [0.29, 0.717) is 33.0 Å². The predicted molar refractivity (Wildman–Crippen MR) is 131 cm³/mol. The smallest absolute Gasteiger partial charge is 0.269 e. The van der Waals surface area contributed by atoms with Gasteiger partial charge in [-0.3, -0.25) is 4.79 Å². The van der Waals surface area contributed by atoms with Crippen LogP contribution in [-0.4, -0.2) is 15.8 Å². The summed E-state index contributed by atoms with van der Waals surface area (Å²) in [5, 5.41) is 4.57. The molecule has 2 heterocycles. The summed E-state index contributed by atoms with van der Waals surface area (Å²) < 4.78 is 18.5. The van der Waals surface area contributed by atoms with Gasteiger partial charge in [0.2, 0.25) is 0 Å². The Morgan fingerprint density at radius 1 is 1.12 bits per heavy atom. The Hall–Kier alpha value is -2.80. The molecule has 0 fully saturated rings. The molecule has 2 atom stereocenters. The molecule has 2 aromatic heterocycles. The van der Waals surface area contributed by atoms with Gasteiger partial charge in [0.15, 0.2) is 5.43 Å². The monoisotopic (exact) mass is 466 g/mol. The molecule has 1 unspecified atom stereocenters. The molecule has 0 aliphatic carbocycles. The number of aryl methyl sites for hydroxylation is 1. The zero-order valence-corrected chi connectivity index (χ0v) is 19.8. The maximum atomic E-state index is 13.2.